The van der Waals surface area contributed by atoms with Gasteiger partial charge in [-0.2, -0.15) is 5.10 Å². The van der Waals surface area contributed by atoms with Crippen LogP contribution in [0.4, 0.5) is 0 Å². The summed E-state index contributed by atoms with van der Waals surface area (Å²) in [5, 5.41) is 7.95. The van der Waals surface area contributed by atoms with Crippen LogP contribution in [0.1, 0.15) is 55.8 Å². The van der Waals surface area contributed by atoms with E-state index in [1.165, 1.54) is 32.1 Å². The minimum absolute atomic E-state index is 0.0635. The van der Waals surface area contributed by atoms with Crippen molar-refractivity contribution in [3.05, 3.63) is 11.6 Å². The Hall–Kier alpha value is -0.940. The maximum absolute atomic E-state index is 5.76. The third kappa shape index (κ3) is 2.42. The minimum atomic E-state index is 0.0635. The van der Waals surface area contributed by atoms with Crippen LogP contribution in [0.2, 0.25) is 0 Å². The Morgan fingerprint density at radius 3 is 2.83 bits per heavy atom. The van der Waals surface area contributed by atoms with Crippen LogP contribution in [0.3, 0.4) is 0 Å². The van der Waals surface area contributed by atoms with Crippen LogP contribution >= 0.6 is 0 Å². The summed E-state index contributed by atoms with van der Waals surface area (Å²) < 4.78 is 7.66. The molecule has 1 saturated heterocycles. The van der Waals surface area contributed by atoms with Crippen molar-refractivity contribution in [2.45, 2.75) is 44.1 Å². The van der Waals surface area contributed by atoms with Gasteiger partial charge in [0.1, 0.15) is 6.10 Å². The van der Waals surface area contributed by atoms with Crippen molar-refractivity contribution >= 4 is 0 Å². The predicted octanol–water partition coefficient (Wildman–Crippen LogP) is 1.52. The molecule has 5 heteroatoms. The predicted molar refractivity (Wildman–Crippen MR) is 68.4 cm³/mol. The summed E-state index contributed by atoms with van der Waals surface area (Å²) in [6, 6.07) is 0. The maximum atomic E-state index is 5.76. The van der Waals surface area contributed by atoms with Crippen LogP contribution in [-0.4, -0.2) is 34.5 Å². The molecule has 1 saturated carbocycles. The second-order valence-electron chi connectivity index (χ2n) is 5.35. The zero-order valence-corrected chi connectivity index (χ0v) is 11.1. The van der Waals surface area contributed by atoms with Crippen molar-refractivity contribution < 1.29 is 4.74 Å². The number of hydrogen-bond donors (Lipinski definition) is 1. The van der Waals surface area contributed by atoms with Gasteiger partial charge < -0.3 is 10.1 Å². The molecule has 0 amide bonds. The molecule has 1 aliphatic heterocycles. The average molecular weight is 250 g/mol. The Kier molecular flexibility index (Phi) is 3.61. The van der Waals surface area contributed by atoms with Crippen molar-refractivity contribution in [2.75, 3.05) is 19.7 Å². The van der Waals surface area contributed by atoms with E-state index in [2.05, 4.69) is 10.4 Å². The van der Waals surface area contributed by atoms with Gasteiger partial charge in [-0.1, -0.05) is 19.3 Å². The molecule has 1 aliphatic carbocycles. The van der Waals surface area contributed by atoms with Crippen molar-refractivity contribution in [2.24, 2.45) is 7.05 Å². The summed E-state index contributed by atoms with van der Waals surface area (Å²) in [5.41, 5.74) is 0. The highest BCUT2D eigenvalue weighted by molar-refractivity contribution is 5.03. The van der Waals surface area contributed by atoms with E-state index >= 15 is 0 Å². The Labute approximate surface area is 108 Å². The van der Waals surface area contributed by atoms with Crippen LogP contribution in [0, 0.1) is 0 Å². The highest BCUT2D eigenvalue weighted by Gasteiger charge is 2.25. The molecule has 1 atom stereocenters. The standard InChI is InChI=1S/C13H22N4O/c1-17-13(11-9-14-7-8-18-11)15-12(16-17)10-5-3-2-4-6-10/h10-11,14H,2-9H2,1H3. The average Bonchev–Trinajstić information content (AvgIpc) is 2.83. The molecule has 0 radical (unpaired) electrons. The van der Waals surface area contributed by atoms with E-state index in [9.17, 15) is 0 Å². The second-order valence-corrected chi connectivity index (χ2v) is 5.35. The molecule has 0 aromatic carbocycles. The van der Waals surface area contributed by atoms with Gasteiger partial charge in [0.25, 0.3) is 0 Å². The Morgan fingerprint density at radius 2 is 2.11 bits per heavy atom. The largest absolute Gasteiger partial charge is 0.368 e. The van der Waals surface area contributed by atoms with Crippen LogP contribution in [0.25, 0.3) is 0 Å². The molecular weight excluding hydrogens is 228 g/mol. The maximum Gasteiger partial charge on any atom is 0.157 e. The SMILES string of the molecule is Cn1nc(C2CCCCC2)nc1C1CNCCO1. The molecule has 1 N–H and O–H groups in total. The highest BCUT2D eigenvalue weighted by Crippen LogP contribution is 2.31. The number of ether oxygens (including phenoxy) is 1. The minimum Gasteiger partial charge on any atom is -0.368 e. The summed E-state index contributed by atoms with van der Waals surface area (Å²) in [5.74, 6) is 2.57. The summed E-state index contributed by atoms with van der Waals surface area (Å²) in [7, 11) is 1.98. The van der Waals surface area contributed by atoms with E-state index in [1.54, 1.807) is 0 Å². The van der Waals surface area contributed by atoms with Crippen molar-refractivity contribution in [3.63, 3.8) is 0 Å². The van der Waals surface area contributed by atoms with Gasteiger partial charge in [-0.05, 0) is 12.8 Å². The number of hydrogen-bond acceptors (Lipinski definition) is 4. The van der Waals surface area contributed by atoms with Crippen molar-refractivity contribution in [1.82, 2.24) is 20.1 Å². The number of aromatic nitrogens is 3. The van der Waals surface area contributed by atoms with Crippen LogP contribution < -0.4 is 5.32 Å². The lowest BCUT2D eigenvalue weighted by Crippen LogP contribution is -2.34. The molecule has 1 aromatic heterocycles. The lowest BCUT2D eigenvalue weighted by Gasteiger charge is -2.22. The Bertz CT molecular complexity index is 392. The number of nitrogens with zero attached hydrogens (tertiary/aromatic N) is 3. The van der Waals surface area contributed by atoms with Crippen molar-refractivity contribution in [3.8, 4) is 0 Å². The van der Waals surface area contributed by atoms with Gasteiger partial charge in [0.15, 0.2) is 11.6 Å². The lowest BCUT2D eigenvalue weighted by molar-refractivity contribution is 0.0199. The van der Waals surface area contributed by atoms with Gasteiger partial charge in [-0.15, -0.1) is 0 Å². The highest BCUT2D eigenvalue weighted by atomic mass is 16.5. The fourth-order valence-electron chi connectivity index (χ4n) is 2.96. The summed E-state index contributed by atoms with van der Waals surface area (Å²) in [6.07, 6.45) is 6.56. The van der Waals surface area contributed by atoms with Gasteiger partial charge in [-0.3, -0.25) is 4.68 Å². The molecule has 1 unspecified atom stereocenters. The van der Waals surface area contributed by atoms with Crippen LogP contribution in [-0.2, 0) is 11.8 Å². The first kappa shape index (κ1) is 12.1. The van der Waals surface area contributed by atoms with E-state index in [0.29, 0.717) is 5.92 Å². The molecule has 0 spiro atoms. The summed E-state index contributed by atoms with van der Waals surface area (Å²) in [4.78, 5) is 4.74. The molecule has 100 valence electrons. The lowest BCUT2D eigenvalue weighted by atomic mass is 9.89. The number of rotatable bonds is 2. The summed E-state index contributed by atoms with van der Waals surface area (Å²) in [6.45, 7) is 2.54. The molecule has 3 rings (SSSR count). The smallest absolute Gasteiger partial charge is 0.157 e. The molecule has 2 fully saturated rings. The molecule has 2 aliphatic rings. The number of nitrogens with one attached hydrogen (secondary N) is 1. The van der Waals surface area contributed by atoms with E-state index in [0.717, 1.165) is 31.3 Å². The number of aryl methyl sites for hydroxylation is 1. The third-order valence-electron chi connectivity index (χ3n) is 4.00. The van der Waals surface area contributed by atoms with E-state index in [-0.39, 0.29) is 6.10 Å². The van der Waals surface area contributed by atoms with Crippen molar-refractivity contribution in [1.29, 1.82) is 0 Å². The van der Waals surface area contributed by atoms with Gasteiger partial charge in [-0.25, -0.2) is 4.98 Å². The fourth-order valence-corrected chi connectivity index (χ4v) is 2.96. The number of morpholine rings is 1. The van der Waals surface area contributed by atoms with E-state index in [4.69, 9.17) is 9.72 Å². The molecule has 0 bridgehead atoms. The Balaban J connectivity index is 1.76. The van der Waals surface area contributed by atoms with E-state index in [1.807, 2.05) is 11.7 Å². The fraction of sp³-hybridized carbons (Fsp3) is 0.846. The molecule has 18 heavy (non-hydrogen) atoms. The van der Waals surface area contributed by atoms with Crippen LogP contribution in [0.5, 0.6) is 0 Å². The zero-order valence-electron chi connectivity index (χ0n) is 11.1. The Morgan fingerprint density at radius 1 is 1.28 bits per heavy atom. The molecular formula is C13H22N4O. The van der Waals surface area contributed by atoms with Crippen LogP contribution in [0.15, 0.2) is 0 Å². The molecule has 1 aromatic rings. The monoisotopic (exact) mass is 250 g/mol. The molecule has 2 heterocycles. The first-order chi connectivity index (χ1) is 8.84. The zero-order chi connectivity index (χ0) is 12.4. The normalized spacial score (nSPS) is 26.4. The van der Waals surface area contributed by atoms with Gasteiger partial charge in [0, 0.05) is 26.1 Å². The molecule has 5 nitrogen and oxygen atoms in total. The topological polar surface area (TPSA) is 52.0 Å². The third-order valence-corrected chi connectivity index (χ3v) is 4.00. The van der Waals surface area contributed by atoms with E-state index < -0.39 is 0 Å². The first-order valence-corrected chi connectivity index (χ1v) is 7.08. The van der Waals surface area contributed by atoms with Gasteiger partial charge in [0.05, 0.1) is 6.61 Å². The summed E-state index contributed by atoms with van der Waals surface area (Å²) >= 11 is 0. The van der Waals surface area contributed by atoms with Gasteiger partial charge in [0.2, 0.25) is 0 Å². The quantitative estimate of drug-likeness (QED) is 0.864. The second kappa shape index (κ2) is 5.36. The van der Waals surface area contributed by atoms with Gasteiger partial charge >= 0.3 is 0 Å². The first-order valence-electron chi connectivity index (χ1n) is 7.08.